The van der Waals surface area contributed by atoms with Crippen LogP contribution < -0.4 is 5.32 Å². The average molecular weight is 212 g/mol. The molecule has 1 aromatic rings. The summed E-state index contributed by atoms with van der Waals surface area (Å²) in [5.74, 6) is 0.604. The second kappa shape index (κ2) is 6.13. The summed E-state index contributed by atoms with van der Waals surface area (Å²) in [4.78, 5) is 15.3. The van der Waals surface area contributed by atoms with Crippen molar-refractivity contribution in [3.8, 4) is 0 Å². The molecule has 6 nitrogen and oxygen atoms in total. The summed E-state index contributed by atoms with van der Waals surface area (Å²) in [5.41, 5.74) is 0. The number of rotatable bonds is 6. The first-order valence-corrected chi connectivity index (χ1v) is 4.96. The summed E-state index contributed by atoms with van der Waals surface area (Å²) in [6, 6.07) is -0.151. The fraction of sp³-hybridized carbons (Fsp3) is 0.667. The molecular weight excluding hydrogens is 196 g/mol. The molecule has 0 bridgehead atoms. The van der Waals surface area contributed by atoms with Crippen molar-refractivity contribution in [2.75, 3.05) is 13.2 Å². The molecule has 1 aromatic heterocycles. The first kappa shape index (κ1) is 11.6. The first-order chi connectivity index (χ1) is 7.24. The number of aromatic nitrogens is 3. The fourth-order valence-corrected chi connectivity index (χ4v) is 1.11. The highest BCUT2D eigenvalue weighted by atomic mass is 16.5. The van der Waals surface area contributed by atoms with Gasteiger partial charge in [-0.05, 0) is 13.8 Å². The van der Waals surface area contributed by atoms with Gasteiger partial charge in [-0.15, -0.1) is 0 Å². The van der Waals surface area contributed by atoms with Gasteiger partial charge < -0.3 is 10.1 Å². The van der Waals surface area contributed by atoms with Gasteiger partial charge in [-0.3, -0.25) is 9.89 Å². The van der Waals surface area contributed by atoms with Gasteiger partial charge in [0.15, 0.2) is 0 Å². The fourth-order valence-electron chi connectivity index (χ4n) is 1.11. The Labute approximate surface area is 88.4 Å². The molecule has 0 saturated carbocycles. The standard InChI is InChI=1S/C9H16N4O2/c1-3-15-5-4-8(14)12-7(2)9-10-6-11-13-9/h6-7H,3-5H2,1-2H3,(H,12,14)(H,10,11,13). The van der Waals surface area contributed by atoms with Gasteiger partial charge in [0.2, 0.25) is 5.91 Å². The molecule has 0 fully saturated rings. The summed E-state index contributed by atoms with van der Waals surface area (Å²) in [6.07, 6.45) is 1.78. The van der Waals surface area contributed by atoms with Crippen LogP contribution in [0.5, 0.6) is 0 Å². The Bertz CT molecular complexity index is 286. The average Bonchev–Trinajstić information content (AvgIpc) is 2.70. The third-order valence-corrected chi connectivity index (χ3v) is 1.90. The number of nitrogens with one attached hydrogen (secondary N) is 2. The molecule has 0 saturated heterocycles. The number of carbonyl (C=O) groups is 1. The van der Waals surface area contributed by atoms with Crippen LogP contribution in [0.1, 0.15) is 32.1 Å². The van der Waals surface area contributed by atoms with E-state index in [2.05, 4.69) is 20.5 Å². The molecular formula is C9H16N4O2. The largest absolute Gasteiger partial charge is 0.381 e. The van der Waals surface area contributed by atoms with E-state index in [1.165, 1.54) is 6.33 Å². The Morgan fingerprint density at radius 1 is 1.73 bits per heavy atom. The molecule has 1 heterocycles. The second-order valence-electron chi connectivity index (χ2n) is 3.11. The molecule has 1 rings (SSSR count). The Morgan fingerprint density at radius 2 is 2.53 bits per heavy atom. The van der Waals surface area contributed by atoms with Crippen molar-refractivity contribution < 1.29 is 9.53 Å². The van der Waals surface area contributed by atoms with Crippen molar-refractivity contribution >= 4 is 5.91 Å². The minimum Gasteiger partial charge on any atom is -0.381 e. The lowest BCUT2D eigenvalue weighted by molar-refractivity contribution is -0.122. The Hall–Kier alpha value is -1.43. The number of amides is 1. The number of H-pyrrole nitrogens is 1. The van der Waals surface area contributed by atoms with Crippen LogP contribution in [0.15, 0.2) is 6.33 Å². The van der Waals surface area contributed by atoms with Crippen LogP contribution in [0.4, 0.5) is 0 Å². The summed E-state index contributed by atoms with van der Waals surface area (Å²) in [6.45, 7) is 4.82. The Morgan fingerprint density at radius 3 is 3.13 bits per heavy atom. The Balaban J connectivity index is 2.26. The summed E-state index contributed by atoms with van der Waals surface area (Å²) >= 11 is 0. The van der Waals surface area contributed by atoms with Crippen LogP contribution in [-0.2, 0) is 9.53 Å². The molecule has 2 N–H and O–H groups in total. The maximum absolute atomic E-state index is 11.4. The van der Waals surface area contributed by atoms with Crippen LogP contribution in [0, 0.1) is 0 Å². The van der Waals surface area contributed by atoms with Crippen LogP contribution in [-0.4, -0.2) is 34.3 Å². The van der Waals surface area contributed by atoms with Gasteiger partial charge in [0, 0.05) is 13.0 Å². The number of nitrogens with zero attached hydrogens (tertiary/aromatic N) is 2. The minimum absolute atomic E-state index is 0.0487. The SMILES string of the molecule is CCOCCC(=O)NC(C)c1ncn[nH]1. The van der Waals surface area contributed by atoms with Crippen LogP contribution in [0.2, 0.25) is 0 Å². The monoisotopic (exact) mass is 212 g/mol. The Kier molecular flexibility index (Phi) is 4.76. The van der Waals surface area contributed by atoms with E-state index in [-0.39, 0.29) is 11.9 Å². The summed E-state index contributed by atoms with van der Waals surface area (Å²) in [7, 11) is 0. The van der Waals surface area contributed by atoms with Crippen molar-refractivity contribution in [1.82, 2.24) is 20.5 Å². The topological polar surface area (TPSA) is 79.9 Å². The predicted octanol–water partition coefficient (Wildman–Crippen LogP) is 0.408. The van der Waals surface area contributed by atoms with Gasteiger partial charge in [-0.1, -0.05) is 0 Å². The van der Waals surface area contributed by atoms with Gasteiger partial charge in [0.05, 0.1) is 12.6 Å². The quantitative estimate of drug-likeness (QED) is 0.669. The third-order valence-electron chi connectivity index (χ3n) is 1.90. The number of carbonyl (C=O) groups excluding carboxylic acids is 1. The normalized spacial score (nSPS) is 12.4. The maximum Gasteiger partial charge on any atom is 0.222 e. The van der Waals surface area contributed by atoms with E-state index in [4.69, 9.17) is 4.74 Å². The molecule has 84 valence electrons. The lowest BCUT2D eigenvalue weighted by atomic mass is 10.3. The van der Waals surface area contributed by atoms with Crippen LogP contribution >= 0.6 is 0 Å². The molecule has 1 amide bonds. The predicted molar refractivity (Wildman–Crippen MR) is 54.1 cm³/mol. The van der Waals surface area contributed by atoms with Gasteiger partial charge in [0.1, 0.15) is 12.2 Å². The van der Waals surface area contributed by atoms with Crippen LogP contribution in [0.3, 0.4) is 0 Å². The third kappa shape index (κ3) is 4.07. The molecule has 0 radical (unpaired) electrons. The van der Waals surface area contributed by atoms with Crippen molar-refractivity contribution in [3.05, 3.63) is 12.2 Å². The van der Waals surface area contributed by atoms with Crippen LogP contribution in [0.25, 0.3) is 0 Å². The van der Waals surface area contributed by atoms with Gasteiger partial charge in [-0.25, -0.2) is 4.98 Å². The highest BCUT2D eigenvalue weighted by Crippen LogP contribution is 2.03. The van der Waals surface area contributed by atoms with E-state index in [0.29, 0.717) is 25.5 Å². The molecule has 15 heavy (non-hydrogen) atoms. The van der Waals surface area contributed by atoms with Gasteiger partial charge in [0.25, 0.3) is 0 Å². The van der Waals surface area contributed by atoms with Crippen molar-refractivity contribution in [2.45, 2.75) is 26.3 Å². The van der Waals surface area contributed by atoms with E-state index < -0.39 is 0 Å². The van der Waals surface area contributed by atoms with E-state index in [0.717, 1.165) is 0 Å². The molecule has 1 atom stereocenters. The van der Waals surface area contributed by atoms with E-state index in [1.807, 2.05) is 13.8 Å². The van der Waals surface area contributed by atoms with Crippen molar-refractivity contribution in [2.24, 2.45) is 0 Å². The van der Waals surface area contributed by atoms with E-state index in [9.17, 15) is 4.79 Å². The molecule has 0 aromatic carbocycles. The van der Waals surface area contributed by atoms with Gasteiger partial charge in [-0.2, -0.15) is 5.10 Å². The zero-order valence-electron chi connectivity index (χ0n) is 8.99. The highest BCUT2D eigenvalue weighted by Gasteiger charge is 2.11. The number of hydrogen-bond donors (Lipinski definition) is 2. The molecule has 0 aliphatic rings. The zero-order valence-corrected chi connectivity index (χ0v) is 8.99. The maximum atomic E-state index is 11.4. The van der Waals surface area contributed by atoms with Crippen molar-refractivity contribution in [1.29, 1.82) is 0 Å². The number of aromatic amines is 1. The first-order valence-electron chi connectivity index (χ1n) is 4.96. The van der Waals surface area contributed by atoms with E-state index in [1.54, 1.807) is 0 Å². The minimum atomic E-state index is -0.151. The smallest absolute Gasteiger partial charge is 0.222 e. The zero-order chi connectivity index (χ0) is 11.1. The lowest BCUT2D eigenvalue weighted by Gasteiger charge is -2.10. The number of hydrogen-bond acceptors (Lipinski definition) is 4. The molecule has 0 aliphatic carbocycles. The van der Waals surface area contributed by atoms with E-state index >= 15 is 0 Å². The lowest BCUT2D eigenvalue weighted by Crippen LogP contribution is -2.28. The summed E-state index contributed by atoms with van der Waals surface area (Å²) in [5, 5.41) is 9.20. The molecule has 0 aliphatic heterocycles. The van der Waals surface area contributed by atoms with Crippen molar-refractivity contribution in [3.63, 3.8) is 0 Å². The number of ether oxygens (including phenoxy) is 1. The second-order valence-corrected chi connectivity index (χ2v) is 3.11. The molecule has 1 unspecified atom stereocenters. The molecule has 0 spiro atoms. The van der Waals surface area contributed by atoms with Gasteiger partial charge >= 0.3 is 0 Å². The highest BCUT2D eigenvalue weighted by molar-refractivity contribution is 5.76. The summed E-state index contributed by atoms with van der Waals surface area (Å²) < 4.78 is 5.08. The molecule has 6 heteroatoms.